The van der Waals surface area contributed by atoms with Gasteiger partial charge in [0.1, 0.15) is 0 Å². The molecule has 1 saturated carbocycles. The normalized spacial score (nSPS) is 17.9. The summed E-state index contributed by atoms with van der Waals surface area (Å²) < 4.78 is 11.6. The van der Waals surface area contributed by atoms with E-state index in [2.05, 4.69) is 10.5 Å². The van der Waals surface area contributed by atoms with Crippen molar-refractivity contribution in [2.45, 2.75) is 12.8 Å². The number of thiophene rings is 1. The van der Waals surface area contributed by atoms with Crippen LogP contribution in [0.4, 0.5) is 0 Å². The maximum Gasteiger partial charge on any atom is 0.271 e. The Kier molecular flexibility index (Phi) is 3.53. The minimum Gasteiger partial charge on any atom is -0.489 e. The van der Waals surface area contributed by atoms with Gasteiger partial charge in [-0.25, -0.2) is 5.43 Å². The van der Waals surface area contributed by atoms with Crippen LogP contribution in [-0.2, 0) is 0 Å². The molecule has 6 heteroatoms. The molecule has 2 aromatic rings. The van der Waals surface area contributed by atoms with Crippen molar-refractivity contribution in [3.8, 4) is 11.5 Å². The van der Waals surface area contributed by atoms with Gasteiger partial charge in [-0.1, -0.05) is 6.07 Å². The molecule has 5 nitrogen and oxygen atoms in total. The number of amides is 1. The van der Waals surface area contributed by atoms with Crippen molar-refractivity contribution in [1.82, 2.24) is 5.43 Å². The molecule has 1 aromatic carbocycles. The molecule has 2 heterocycles. The van der Waals surface area contributed by atoms with E-state index in [0.717, 1.165) is 17.7 Å². The Morgan fingerprint density at radius 2 is 2.04 bits per heavy atom. The number of ether oxygens (including phenoxy) is 2. The molecule has 1 fully saturated rings. The standard InChI is InChI=1S/C17H16N2O3S/c20-16(19-18-9-13-2-1-7-23-13)12-3-4-14-15(8-12)22-11-17(5-6-17)10-21-14/h1-4,7-9H,5-6,10-11H2,(H,19,20)/b18-9-. The molecule has 0 saturated heterocycles. The van der Waals surface area contributed by atoms with Crippen molar-refractivity contribution < 1.29 is 14.3 Å². The molecule has 23 heavy (non-hydrogen) atoms. The molecule has 1 aromatic heterocycles. The number of nitrogens with one attached hydrogen (secondary N) is 1. The van der Waals surface area contributed by atoms with Gasteiger partial charge < -0.3 is 9.47 Å². The lowest BCUT2D eigenvalue weighted by Gasteiger charge is -2.08. The first kappa shape index (κ1) is 14.3. The maximum atomic E-state index is 12.2. The van der Waals surface area contributed by atoms with Gasteiger partial charge in [-0.3, -0.25) is 4.79 Å². The highest BCUT2D eigenvalue weighted by Crippen LogP contribution is 2.49. The average Bonchev–Trinajstić information content (AvgIpc) is 3.21. The quantitative estimate of drug-likeness (QED) is 0.696. The third kappa shape index (κ3) is 3.07. The summed E-state index contributed by atoms with van der Waals surface area (Å²) >= 11 is 1.56. The topological polar surface area (TPSA) is 59.9 Å². The molecule has 0 unspecified atom stereocenters. The van der Waals surface area contributed by atoms with Crippen molar-refractivity contribution in [1.29, 1.82) is 0 Å². The first-order valence-corrected chi connectivity index (χ1v) is 8.39. The number of hydrazone groups is 1. The van der Waals surface area contributed by atoms with Crippen LogP contribution in [0.2, 0.25) is 0 Å². The molecule has 1 spiro atoms. The minimum atomic E-state index is -0.269. The van der Waals surface area contributed by atoms with Gasteiger partial charge in [0.25, 0.3) is 5.91 Å². The van der Waals surface area contributed by atoms with Crippen LogP contribution in [0.1, 0.15) is 28.1 Å². The molecular weight excluding hydrogens is 312 g/mol. The summed E-state index contributed by atoms with van der Waals surface area (Å²) in [4.78, 5) is 13.2. The molecule has 1 aliphatic heterocycles. The third-order valence-corrected chi connectivity index (χ3v) is 4.94. The van der Waals surface area contributed by atoms with E-state index in [0.29, 0.717) is 30.3 Å². The second-order valence-electron chi connectivity index (χ2n) is 5.95. The number of fused-ring (bicyclic) bond motifs is 1. The summed E-state index contributed by atoms with van der Waals surface area (Å²) in [5, 5.41) is 5.93. The van der Waals surface area contributed by atoms with Gasteiger partial charge >= 0.3 is 0 Å². The van der Waals surface area contributed by atoms with Gasteiger partial charge in [0.15, 0.2) is 11.5 Å². The summed E-state index contributed by atoms with van der Waals surface area (Å²) in [6.45, 7) is 1.35. The molecule has 2 aliphatic rings. The molecule has 0 atom stereocenters. The summed E-state index contributed by atoms with van der Waals surface area (Å²) in [6, 6.07) is 9.09. The highest BCUT2D eigenvalue weighted by atomic mass is 32.1. The fraction of sp³-hybridized carbons (Fsp3) is 0.294. The minimum absolute atomic E-state index is 0.187. The Balaban J connectivity index is 1.45. The van der Waals surface area contributed by atoms with Crippen LogP contribution >= 0.6 is 11.3 Å². The second-order valence-corrected chi connectivity index (χ2v) is 6.93. The Morgan fingerprint density at radius 1 is 1.22 bits per heavy atom. The molecule has 4 rings (SSSR count). The molecule has 0 radical (unpaired) electrons. The van der Waals surface area contributed by atoms with Crippen LogP contribution in [0.25, 0.3) is 0 Å². The van der Waals surface area contributed by atoms with E-state index in [-0.39, 0.29) is 11.3 Å². The van der Waals surface area contributed by atoms with Gasteiger partial charge in [-0.2, -0.15) is 5.10 Å². The van der Waals surface area contributed by atoms with E-state index in [1.807, 2.05) is 17.5 Å². The van der Waals surface area contributed by atoms with Crippen LogP contribution in [0, 0.1) is 5.41 Å². The van der Waals surface area contributed by atoms with Gasteiger partial charge in [-0.15, -0.1) is 11.3 Å². The molecule has 0 bridgehead atoms. The Labute approximate surface area is 137 Å². The molecule has 118 valence electrons. The highest BCUT2D eigenvalue weighted by Gasteiger charge is 2.46. The number of benzene rings is 1. The third-order valence-electron chi connectivity index (χ3n) is 4.13. The van der Waals surface area contributed by atoms with Crippen LogP contribution < -0.4 is 14.9 Å². The zero-order chi connectivity index (χ0) is 15.7. The molecule has 1 N–H and O–H groups in total. The van der Waals surface area contributed by atoms with Crippen LogP contribution in [0.5, 0.6) is 11.5 Å². The summed E-state index contributed by atoms with van der Waals surface area (Å²) in [5.41, 5.74) is 3.22. The first-order valence-electron chi connectivity index (χ1n) is 7.51. The van der Waals surface area contributed by atoms with E-state index < -0.39 is 0 Å². The lowest BCUT2D eigenvalue weighted by Crippen LogP contribution is -2.18. The van der Waals surface area contributed by atoms with E-state index in [1.54, 1.807) is 35.8 Å². The van der Waals surface area contributed by atoms with Crippen molar-refractivity contribution in [3.63, 3.8) is 0 Å². The van der Waals surface area contributed by atoms with Gasteiger partial charge in [-0.05, 0) is 42.5 Å². The average molecular weight is 328 g/mol. The van der Waals surface area contributed by atoms with Gasteiger partial charge in [0.2, 0.25) is 0 Å². The molecule has 1 aliphatic carbocycles. The second kappa shape index (κ2) is 5.70. The van der Waals surface area contributed by atoms with Crippen LogP contribution in [-0.4, -0.2) is 25.3 Å². The van der Waals surface area contributed by atoms with Gasteiger partial charge in [0, 0.05) is 15.9 Å². The van der Waals surface area contributed by atoms with Crippen molar-refractivity contribution in [3.05, 3.63) is 46.2 Å². The monoisotopic (exact) mass is 328 g/mol. The fourth-order valence-electron chi connectivity index (χ4n) is 2.43. The van der Waals surface area contributed by atoms with Gasteiger partial charge in [0.05, 0.1) is 19.4 Å². The molecule has 1 amide bonds. The summed E-state index contributed by atoms with van der Waals surface area (Å²) in [6.07, 6.45) is 3.92. The number of nitrogens with zero attached hydrogens (tertiary/aromatic N) is 1. The van der Waals surface area contributed by atoms with E-state index >= 15 is 0 Å². The molecular formula is C17H16N2O3S. The Bertz CT molecular complexity index is 751. The predicted molar refractivity (Wildman–Crippen MR) is 88.5 cm³/mol. The zero-order valence-corrected chi connectivity index (χ0v) is 13.3. The van der Waals surface area contributed by atoms with Crippen molar-refractivity contribution >= 4 is 23.5 Å². The SMILES string of the molecule is O=C(N/N=C\c1cccs1)c1ccc2c(c1)OCC1(CC1)CO2. The maximum absolute atomic E-state index is 12.2. The van der Waals surface area contributed by atoms with E-state index in [1.165, 1.54) is 0 Å². The van der Waals surface area contributed by atoms with Crippen molar-refractivity contribution in [2.24, 2.45) is 10.5 Å². The highest BCUT2D eigenvalue weighted by molar-refractivity contribution is 7.11. The number of rotatable bonds is 3. The van der Waals surface area contributed by atoms with Crippen LogP contribution in [0.3, 0.4) is 0 Å². The largest absolute Gasteiger partial charge is 0.489 e. The predicted octanol–water partition coefficient (Wildman–Crippen LogP) is 3.06. The zero-order valence-electron chi connectivity index (χ0n) is 12.5. The lowest BCUT2D eigenvalue weighted by atomic mass is 10.1. The van der Waals surface area contributed by atoms with E-state index in [9.17, 15) is 4.79 Å². The lowest BCUT2D eigenvalue weighted by molar-refractivity contribution is 0.0954. The summed E-state index contributed by atoms with van der Waals surface area (Å²) in [5.74, 6) is 1.06. The number of carbonyl (C=O) groups is 1. The van der Waals surface area contributed by atoms with Crippen molar-refractivity contribution in [2.75, 3.05) is 13.2 Å². The summed E-state index contributed by atoms with van der Waals surface area (Å²) in [7, 11) is 0. The number of hydrogen-bond acceptors (Lipinski definition) is 5. The Morgan fingerprint density at radius 3 is 2.78 bits per heavy atom. The van der Waals surface area contributed by atoms with E-state index in [4.69, 9.17) is 9.47 Å². The first-order chi connectivity index (χ1) is 11.2. The van der Waals surface area contributed by atoms with Crippen LogP contribution in [0.15, 0.2) is 40.8 Å². The fourth-order valence-corrected chi connectivity index (χ4v) is 3.02. The number of hydrogen-bond donors (Lipinski definition) is 1. The smallest absolute Gasteiger partial charge is 0.271 e. The number of carbonyl (C=O) groups excluding carboxylic acids is 1. The Hall–Kier alpha value is -2.34.